The molecule has 2 heterocycles. The van der Waals surface area contributed by atoms with Gasteiger partial charge in [0.2, 0.25) is 5.91 Å². The van der Waals surface area contributed by atoms with E-state index in [-0.39, 0.29) is 35.8 Å². The summed E-state index contributed by atoms with van der Waals surface area (Å²) in [6, 6.07) is 1.86. The SMILES string of the molecule is N#CC1CC(=O)N(C2CCS(=O)(=O)C2)C1. The van der Waals surface area contributed by atoms with Crippen LogP contribution in [0, 0.1) is 17.2 Å². The van der Waals surface area contributed by atoms with Crippen molar-refractivity contribution in [3.8, 4) is 6.07 Å². The smallest absolute Gasteiger partial charge is 0.224 e. The Morgan fingerprint density at radius 2 is 2.20 bits per heavy atom. The number of likely N-dealkylation sites (tertiary alicyclic amines) is 1. The molecular formula is C9H12N2O3S. The van der Waals surface area contributed by atoms with Crippen LogP contribution in [-0.4, -0.2) is 43.3 Å². The number of sulfone groups is 1. The number of hydrogen-bond acceptors (Lipinski definition) is 4. The number of hydrogen-bond donors (Lipinski definition) is 0. The van der Waals surface area contributed by atoms with Crippen LogP contribution in [0.1, 0.15) is 12.8 Å². The molecule has 2 saturated heterocycles. The van der Waals surface area contributed by atoms with E-state index in [0.29, 0.717) is 13.0 Å². The molecule has 0 aromatic rings. The molecule has 0 spiro atoms. The normalized spacial score (nSPS) is 34.3. The lowest BCUT2D eigenvalue weighted by Gasteiger charge is -2.22. The minimum atomic E-state index is -2.96. The van der Waals surface area contributed by atoms with Gasteiger partial charge in [0.25, 0.3) is 0 Å². The third-order valence-electron chi connectivity index (χ3n) is 2.99. The molecule has 2 atom stereocenters. The summed E-state index contributed by atoms with van der Waals surface area (Å²) in [5.41, 5.74) is 0. The first-order valence-corrected chi connectivity index (χ1v) is 6.73. The first-order chi connectivity index (χ1) is 7.02. The molecular weight excluding hydrogens is 216 g/mol. The summed E-state index contributed by atoms with van der Waals surface area (Å²) in [5, 5.41) is 8.70. The van der Waals surface area contributed by atoms with Crippen molar-refractivity contribution in [3.05, 3.63) is 0 Å². The third-order valence-corrected chi connectivity index (χ3v) is 4.74. The highest BCUT2D eigenvalue weighted by Gasteiger charge is 2.39. The van der Waals surface area contributed by atoms with Crippen molar-refractivity contribution in [3.63, 3.8) is 0 Å². The fourth-order valence-corrected chi connectivity index (χ4v) is 3.92. The van der Waals surface area contributed by atoms with Crippen LogP contribution in [0.5, 0.6) is 0 Å². The Balaban J connectivity index is 2.08. The maximum absolute atomic E-state index is 11.5. The summed E-state index contributed by atoms with van der Waals surface area (Å²) < 4.78 is 22.5. The molecule has 2 aliphatic heterocycles. The standard InChI is InChI=1S/C9H12N2O3S/c10-4-7-3-9(12)11(5-7)8-1-2-15(13,14)6-8/h7-8H,1-3,5-6H2. The van der Waals surface area contributed by atoms with Crippen LogP contribution in [0.2, 0.25) is 0 Å². The topological polar surface area (TPSA) is 78.2 Å². The van der Waals surface area contributed by atoms with Crippen LogP contribution in [-0.2, 0) is 14.6 Å². The summed E-state index contributed by atoms with van der Waals surface area (Å²) in [6.07, 6.45) is 0.763. The van der Waals surface area contributed by atoms with E-state index < -0.39 is 9.84 Å². The van der Waals surface area contributed by atoms with Crippen LogP contribution in [0.15, 0.2) is 0 Å². The second kappa shape index (κ2) is 3.49. The molecule has 2 fully saturated rings. The lowest BCUT2D eigenvalue weighted by atomic mass is 10.1. The van der Waals surface area contributed by atoms with E-state index in [1.54, 1.807) is 4.90 Å². The molecule has 82 valence electrons. The number of amides is 1. The van der Waals surface area contributed by atoms with Gasteiger partial charge in [-0.1, -0.05) is 0 Å². The molecule has 0 N–H and O–H groups in total. The molecule has 0 bridgehead atoms. The maximum Gasteiger partial charge on any atom is 0.224 e. The van der Waals surface area contributed by atoms with E-state index in [0.717, 1.165) is 0 Å². The van der Waals surface area contributed by atoms with Crippen LogP contribution < -0.4 is 0 Å². The predicted molar refractivity (Wildman–Crippen MR) is 52.5 cm³/mol. The highest BCUT2D eigenvalue weighted by atomic mass is 32.2. The molecule has 0 aromatic heterocycles. The lowest BCUT2D eigenvalue weighted by molar-refractivity contribution is -0.129. The second-order valence-electron chi connectivity index (χ2n) is 4.13. The van der Waals surface area contributed by atoms with Crippen LogP contribution in [0.4, 0.5) is 0 Å². The molecule has 0 saturated carbocycles. The first-order valence-electron chi connectivity index (χ1n) is 4.91. The summed E-state index contributed by atoms with van der Waals surface area (Å²) in [5.74, 6) is -0.111. The quantitative estimate of drug-likeness (QED) is 0.608. The highest BCUT2D eigenvalue weighted by Crippen LogP contribution is 2.25. The zero-order valence-corrected chi connectivity index (χ0v) is 9.03. The van der Waals surface area contributed by atoms with Crippen molar-refractivity contribution in [2.24, 2.45) is 5.92 Å². The second-order valence-corrected chi connectivity index (χ2v) is 6.36. The molecule has 0 radical (unpaired) electrons. The Morgan fingerprint density at radius 3 is 2.67 bits per heavy atom. The van der Waals surface area contributed by atoms with Gasteiger partial charge in [-0.15, -0.1) is 0 Å². The van der Waals surface area contributed by atoms with Crippen molar-refractivity contribution >= 4 is 15.7 Å². The number of nitriles is 1. The van der Waals surface area contributed by atoms with Crippen LogP contribution >= 0.6 is 0 Å². The van der Waals surface area contributed by atoms with E-state index in [2.05, 4.69) is 6.07 Å². The summed E-state index contributed by atoms with van der Waals surface area (Å²) >= 11 is 0. The minimum absolute atomic E-state index is 0.0664. The Morgan fingerprint density at radius 1 is 1.47 bits per heavy atom. The van der Waals surface area contributed by atoms with Crippen molar-refractivity contribution in [1.29, 1.82) is 5.26 Å². The van der Waals surface area contributed by atoms with E-state index in [1.165, 1.54) is 0 Å². The Hall–Kier alpha value is -1.09. The molecule has 0 aliphatic carbocycles. The van der Waals surface area contributed by atoms with E-state index in [1.807, 2.05) is 0 Å². The van der Waals surface area contributed by atoms with Gasteiger partial charge in [0.1, 0.15) is 0 Å². The monoisotopic (exact) mass is 228 g/mol. The first kappa shape index (κ1) is 10.4. The van der Waals surface area contributed by atoms with Gasteiger partial charge >= 0.3 is 0 Å². The third kappa shape index (κ3) is 1.97. The van der Waals surface area contributed by atoms with Gasteiger partial charge in [-0.3, -0.25) is 4.79 Å². The summed E-state index contributed by atoms with van der Waals surface area (Å²) in [7, 11) is -2.96. The molecule has 15 heavy (non-hydrogen) atoms. The average molecular weight is 228 g/mol. The fraction of sp³-hybridized carbons (Fsp3) is 0.778. The molecule has 5 nitrogen and oxygen atoms in total. The number of carbonyl (C=O) groups excluding carboxylic acids is 1. The Labute approximate surface area is 88.6 Å². The zero-order valence-electron chi connectivity index (χ0n) is 8.22. The molecule has 0 aromatic carbocycles. The minimum Gasteiger partial charge on any atom is -0.337 e. The van der Waals surface area contributed by atoms with Gasteiger partial charge in [0.15, 0.2) is 9.84 Å². The van der Waals surface area contributed by atoms with Crippen molar-refractivity contribution in [2.45, 2.75) is 18.9 Å². The van der Waals surface area contributed by atoms with Crippen molar-refractivity contribution < 1.29 is 13.2 Å². The Kier molecular flexibility index (Phi) is 2.43. The van der Waals surface area contributed by atoms with E-state index >= 15 is 0 Å². The fourth-order valence-electron chi connectivity index (χ4n) is 2.19. The van der Waals surface area contributed by atoms with E-state index in [9.17, 15) is 13.2 Å². The van der Waals surface area contributed by atoms with Gasteiger partial charge in [-0.2, -0.15) is 5.26 Å². The number of carbonyl (C=O) groups is 1. The summed E-state index contributed by atoms with van der Waals surface area (Å²) in [4.78, 5) is 13.1. The molecule has 6 heteroatoms. The summed E-state index contributed by atoms with van der Waals surface area (Å²) in [6.45, 7) is 0.398. The van der Waals surface area contributed by atoms with Gasteiger partial charge in [-0.05, 0) is 6.42 Å². The predicted octanol–water partition coefficient (Wildman–Crippen LogP) is -0.454. The Bertz CT molecular complexity index is 423. The van der Waals surface area contributed by atoms with Crippen LogP contribution in [0.3, 0.4) is 0 Å². The number of nitrogens with zero attached hydrogens (tertiary/aromatic N) is 2. The molecule has 2 aliphatic rings. The highest BCUT2D eigenvalue weighted by molar-refractivity contribution is 7.91. The van der Waals surface area contributed by atoms with Gasteiger partial charge in [0, 0.05) is 19.0 Å². The molecule has 1 amide bonds. The molecule has 2 unspecified atom stereocenters. The van der Waals surface area contributed by atoms with Crippen molar-refractivity contribution in [1.82, 2.24) is 4.90 Å². The average Bonchev–Trinajstić information content (AvgIpc) is 2.69. The van der Waals surface area contributed by atoms with Gasteiger partial charge < -0.3 is 4.90 Å². The van der Waals surface area contributed by atoms with Gasteiger partial charge in [0.05, 0.1) is 23.5 Å². The van der Waals surface area contributed by atoms with Crippen molar-refractivity contribution in [2.75, 3.05) is 18.1 Å². The maximum atomic E-state index is 11.5. The largest absolute Gasteiger partial charge is 0.337 e. The van der Waals surface area contributed by atoms with Crippen LogP contribution in [0.25, 0.3) is 0 Å². The zero-order chi connectivity index (χ0) is 11.1. The lowest BCUT2D eigenvalue weighted by Crippen LogP contribution is -2.37. The number of rotatable bonds is 1. The van der Waals surface area contributed by atoms with Gasteiger partial charge in [-0.25, -0.2) is 8.42 Å². The molecule has 2 rings (SSSR count). The van der Waals surface area contributed by atoms with E-state index in [4.69, 9.17) is 5.26 Å².